The maximum Gasteiger partial charge on any atom is 0.0794 e. The lowest BCUT2D eigenvalue weighted by atomic mass is 9.83. The van der Waals surface area contributed by atoms with Gasteiger partial charge in [-0.15, -0.1) is 11.3 Å². The van der Waals surface area contributed by atoms with Crippen molar-refractivity contribution in [3.63, 3.8) is 0 Å². The highest BCUT2D eigenvalue weighted by molar-refractivity contribution is 7.09. The number of nitrogens with zero attached hydrogens (tertiary/aromatic N) is 1. The van der Waals surface area contributed by atoms with Gasteiger partial charge in [0.25, 0.3) is 0 Å². The predicted octanol–water partition coefficient (Wildman–Crippen LogP) is 2.85. The molecule has 1 aliphatic rings. The average Bonchev–Trinajstić information content (AvgIpc) is 2.71. The highest BCUT2D eigenvalue weighted by Crippen LogP contribution is 2.28. The van der Waals surface area contributed by atoms with Crippen molar-refractivity contribution in [1.82, 2.24) is 10.3 Å². The minimum absolute atomic E-state index is 0.765. The first kappa shape index (κ1) is 11.1. The molecule has 1 heterocycles. The molecule has 1 fully saturated rings. The zero-order chi connectivity index (χ0) is 10.5. The number of aromatic nitrogens is 1. The monoisotopic (exact) mass is 224 g/mol. The van der Waals surface area contributed by atoms with Gasteiger partial charge in [0.2, 0.25) is 0 Å². The molecule has 0 spiro atoms. The van der Waals surface area contributed by atoms with Gasteiger partial charge >= 0.3 is 0 Å². The van der Waals surface area contributed by atoms with E-state index in [1.807, 2.05) is 11.7 Å². The molecule has 2 atom stereocenters. The van der Waals surface area contributed by atoms with Gasteiger partial charge in [0.1, 0.15) is 0 Å². The van der Waals surface area contributed by atoms with Gasteiger partial charge < -0.3 is 5.32 Å². The second-order valence-corrected chi connectivity index (χ2v) is 5.43. The number of hydrogen-bond acceptors (Lipinski definition) is 3. The van der Waals surface area contributed by atoms with E-state index in [1.165, 1.54) is 37.0 Å². The Hall–Kier alpha value is -0.410. The summed E-state index contributed by atoms with van der Waals surface area (Å²) in [6.07, 6.45) is 8.79. The number of nitrogens with one attached hydrogen (secondary N) is 1. The summed E-state index contributed by atoms with van der Waals surface area (Å²) in [5.41, 5.74) is 1.94. The highest BCUT2D eigenvalue weighted by Gasteiger charge is 2.21. The Bertz CT molecular complexity index is 269. The first-order valence-electron chi connectivity index (χ1n) is 5.99. The lowest BCUT2D eigenvalue weighted by Gasteiger charge is -2.29. The SMILES string of the molecule is CCNC1CCCC(Cc2cncs2)C1. The van der Waals surface area contributed by atoms with Crippen molar-refractivity contribution in [2.45, 2.75) is 45.1 Å². The van der Waals surface area contributed by atoms with Crippen molar-refractivity contribution in [2.75, 3.05) is 6.54 Å². The van der Waals surface area contributed by atoms with Crippen molar-refractivity contribution < 1.29 is 0 Å². The van der Waals surface area contributed by atoms with Crippen LogP contribution in [0.1, 0.15) is 37.5 Å². The van der Waals surface area contributed by atoms with Gasteiger partial charge in [0.15, 0.2) is 0 Å². The van der Waals surface area contributed by atoms with Gasteiger partial charge in [0, 0.05) is 17.1 Å². The second-order valence-electron chi connectivity index (χ2n) is 4.46. The molecule has 0 aliphatic heterocycles. The number of hydrogen-bond donors (Lipinski definition) is 1. The third-order valence-electron chi connectivity index (χ3n) is 3.25. The molecule has 0 aromatic carbocycles. The maximum atomic E-state index is 4.15. The van der Waals surface area contributed by atoms with E-state index >= 15 is 0 Å². The highest BCUT2D eigenvalue weighted by atomic mass is 32.1. The molecule has 2 rings (SSSR count). The smallest absolute Gasteiger partial charge is 0.0794 e. The normalized spacial score (nSPS) is 26.7. The average molecular weight is 224 g/mol. The molecule has 84 valence electrons. The summed E-state index contributed by atoms with van der Waals surface area (Å²) >= 11 is 1.80. The van der Waals surface area contributed by atoms with Crippen molar-refractivity contribution in [1.29, 1.82) is 0 Å². The van der Waals surface area contributed by atoms with Gasteiger partial charge in [-0.1, -0.05) is 13.3 Å². The summed E-state index contributed by atoms with van der Waals surface area (Å²) in [5, 5.41) is 3.58. The molecule has 15 heavy (non-hydrogen) atoms. The van der Waals surface area contributed by atoms with E-state index < -0.39 is 0 Å². The maximum absolute atomic E-state index is 4.15. The van der Waals surface area contributed by atoms with E-state index in [0.29, 0.717) is 0 Å². The van der Waals surface area contributed by atoms with Crippen LogP contribution in [-0.4, -0.2) is 17.6 Å². The van der Waals surface area contributed by atoms with Crippen LogP contribution < -0.4 is 5.32 Å². The lowest BCUT2D eigenvalue weighted by molar-refractivity contribution is 0.288. The van der Waals surface area contributed by atoms with E-state index in [0.717, 1.165) is 18.5 Å². The molecule has 0 saturated heterocycles. The van der Waals surface area contributed by atoms with Crippen LogP contribution in [0.25, 0.3) is 0 Å². The van der Waals surface area contributed by atoms with E-state index in [2.05, 4.69) is 17.2 Å². The minimum atomic E-state index is 0.765. The van der Waals surface area contributed by atoms with E-state index in [9.17, 15) is 0 Å². The zero-order valence-corrected chi connectivity index (χ0v) is 10.2. The van der Waals surface area contributed by atoms with Crippen LogP contribution in [0, 0.1) is 5.92 Å². The second kappa shape index (κ2) is 5.61. The molecule has 0 amide bonds. The van der Waals surface area contributed by atoms with Crippen molar-refractivity contribution in [2.24, 2.45) is 5.92 Å². The fourth-order valence-corrected chi connectivity index (χ4v) is 3.29. The van der Waals surface area contributed by atoms with Gasteiger partial charge in [-0.05, 0) is 38.1 Å². The number of rotatable bonds is 4. The Morgan fingerprint density at radius 3 is 3.20 bits per heavy atom. The third kappa shape index (κ3) is 3.28. The standard InChI is InChI=1S/C12H20N2S/c1-2-14-11-5-3-4-10(6-11)7-12-8-13-9-15-12/h8-11,14H,2-7H2,1H3. The molecule has 2 nitrogen and oxygen atoms in total. The van der Waals surface area contributed by atoms with Crippen molar-refractivity contribution in [3.05, 3.63) is 16.6 Å². The molecule has 1 aromatic rings. The molecular formula is C12H20N2S. The Kier molecular flexibility index (Phi) is 4.15. The minimum Gasteiger partial charge on any atom is -0.314 e. The molecule has 2 unspecified atom stereocenters. The van der Waals surface area contributed by atoms with E-state index in [-0.39, 0.29) is 0 Å². The molecule has 1 aromatic heterocycles. The summed E-state index contributed by atoms with van der Waals surface area (Å²) in [4.78, 5) is 5.60. The van der Waals surface area contributed by atoms with Crippen LogP contribution in [0.5, 0.6) is 0 Å². The summed E-state index contributed by atoms with van der Waals surface area (Å²) in [5.74, 6) is 0.878. The first-order chi connectivity index (χ1) is 7.38. The summed E-state index contributed by atoms with van der Waals surface area (Å²) in [6, 6.07) is 0.765. The zero-order valence-electron chi connectivity index (χ0n) is 9.41. The van der Waals surface area contributed by atoms with Gasteiger partial charge in [-0.3, -0.25) is 4.98 Å². The van der Waals surface area contributed by atoms with E-state index in [1.54, 1.807) is 11.3 Å². The van der Waals surface area contributed by atoms with Crippen LogP contribution in [0.15, 0.2) is 11.7 Å². The quantitative estimate of drug-likeness (QED) is 0.850. The third-order valence-corrected chi connectivity index (χ3v) is 4.05. The Labute approximate surface area is 96.1 Å². The van der Waals surface area contributed by atoms with Gasteiger partial charge in [-0.2, -0.15) is 0 Å². The van der Waals surface area contributed by atoms with Gasteiger partial charge in [0.05, 0.1) is 5.51 Å². The molecule has 1 aliphatic carbocycles. The molecular weight excluding hydrogens is 204 g/mol. The van der Waals surface area contributed by atoms with Crippen LogP contribution in [0.2, 0.25) is 0 Å². The van der Waals surface area contributed by atoms with Crippen LogP contribution in [-0.2, 0) is 6.42 Å². The number of thiazole rings is 1. The van der Waals surface area contributed by atoms with Crippen molar-refractivity contribution >= 4 is 11.3 Å². The predicted molar refractivity (Wildman–Crippen MR) is 65.2 cm³/mol. The van der Waals surface area contributed by atoms with E-state index in [4.69, 9.17) is 0 Å². The Balaban J connectivity index is 1.82. The molecule has 1 N–H and O–H groups in total. The Morgan fingerprint density at radius 2 is 2.47 bits per heavy atom. The molecule has 1 saturated carbocycles. The Morgan fingerprint density at radius 1 is 1.53 bits per heavy atom. The lowest BCUT2D eigenvalue weighted by Crippen LogP contribution is -2.34. The topological polar surface area (TPSA) is 24.9 Å². The summed E-state index contributed by atoms with van der Waals surface area (Å²) < 4.78 is 0. The molecule has 0 radical (unpaired) electrons. The molecule has 0 bridgehead atoms. The molecule has 3 heteroatoms. The fourth-order valence-electron chi connectivity index (χ4n) is 2.58. The van der Waals surface area contributed by atoms with Gasteiger partial charge in [-0.25, -0.2) is 0 Å². The first-order valence-corrected chi connectivity index (χ1v) is 6.87. The largest absolute Gasteiger partial charge is 0.314 e. The fraction of sp³-hybridized carbons (Fsp3) is 0.750. The van der Waals surface area contributed by atoms with Crippen LogP contribution >= 0.6 is 11.3 Å². The summed E-state index contributed by atoms with van der Waals surface area (Å²) in [6.45, 7) is 3.31. The van der Waals surface area contributed by atoms with Crippen LogP contribution in [0.3, 0.4) is 0 Å². The van der Waals surface area contributed by atoms with Crippen molar-refractivity contribution in [3.8, 4) is 0 Å². The summed E-state index contributed by atoms with van der Waals surface area (Å²) in [7, 11) is 0. The van der Waals surface area contributed by atoms with Crippen LogP contribution in [0.4, 0.5) is 0 Å².